The Labute approximate surface area is 88.2 Å². The van der Waals surface area contributed by atoms with Crippen molar-refractivity contribution in [2.75, 3.05) is 6.54 Å². The summed E-state index contributed by atoms with van der Waals surface area (Å²) in [6, 6.07) is 0.973. The van der Waals surface area contributed by atoms with Crippen molar-refractivity contribution in [3.63, 3.8) is 0 Å². The van der Waals surface area contributed by atoms with Crippen LogP contribution in [-0.4, -0.2) is 28.4 Å². The van der Waals surface area contributed by atoms with E-state index >= 15 is 0 Å². The highest BCUT2D eigenvalue weighted by atomic mass is 32.1. The maximum Gasteiger partial charge on any atom is 0.268 e. The number of carboxylic acid groups (broad SMARTS) is 1. The number of aromatic amines is 2. The molecule has 0 spiro atoms. The van der Waals surface area contributed by atoms with Crippen molar-refractivity contribution in [3.05, 3.63) is 26.9 Å². The topological polar surface area (TPSA) is 118 Å². The number of nitrogens with one attached hydrogen (secondary N) is 3. The second kappa shape index (κ2) is 4.51. The molecule has 0 saturated carbocycles. The van der Waals surface area contributed by atoms with Crippen molar-refractivity contribution in [2.24, 2.45) is 0 Å². The normalized spacial score (nSPS) is 9.60. The van der Waals surface area contributed by atoms with E-state index in [1.165, 1.54) is 0 Å². The van der Waals surface area contributed by atoms with Crippen molar-refractivity contribution < 1.29 is 14.7 Å². The van der Waals surface area contributed by atoms with Gasteiger partial charge in [0, 0.05) is 6.07 Å². The zero-order valence-corrected chi connectivity index (χ0v) is 8.14. The summed E-state index contributed by atoms with van der Waals surface area (Å²) in [5.41, 5.74) is -0.651. The van der Waals surface area contributed by atoms with E-state index in [4.69, 9.17) is 0 Å². The molecule has 0 bridgehead atoms. The second-order valence-electron chi connectivity index (χ2n) is 2.56. The van der Waals surface area contributed by atoms with Gasteiger partial charge in [0.2, 0.25) is 0 Å². The Balaban J connectivity index is 2.87. The Hall–Kier alpha value is -1.96. The quantitative estimate of drug-likeness (QED) is 0.513. The van der Waals surface area contributed by atoms with Gasteiger partial charge in [-0.2, -0.15) is 0 Å². The van der Waals surface area contributed by atoms with E-state index in [2.05, 4.69) is 22.2 Å². The predicted octanol–water partition coefficient (Wildman–Crippen LogP) is -2.09. The summed E-state index contributed by atoms with van der Waals surface area (Å²) in [6.45, 7) is -0.633. The second-order valence-corrected chi connectivity index (χ2v) is 2.96. The molecule has 1 amide bonds. The van der Waals surface area contributed by atoms with Crippen LogP contribution in [-0.2, 0) is 4.79 Å². The third kappa shape index (κ3) is 3.35. The van der Waals surface area contributed by atoms with Gasteiger partial charge < -0.3 is 20.2 Å². The Kier molecular flexibility index (Phi) is 3.34. The Morgan fingerprint density at radius 1 is 1.47 bits per heavy atom. The highest BCUT2D eigenvalue weighted by molar-refractivity contribution is 7.71. The molecule has 0 aliphatic carbocycles. The molecule has 0 atom stereocenters. The number of carbonyl (C=O) groups is 2. The lowest BCUT2D eigenvalue weighted by atomic mass is 10.4. The number of H-pyrrole nitrogens is 2. The smallest absolute Gasteiger partial charge is 0.268 e. The van der Waals surface area contributed by atoms with E-state index < -0.39 is 24.0 Å². The fourth-order valence-electron chi connectivity index (χ4n) is 0.839. The number of carbonyl (C=O) groups excluding carboxylic acids is 2. The number of hydrogen-bond acceptors (Lipinski definition) is 5. The lowest BCUT2D eigenvalue weighted by molar-refractivity contribution is -0.303. The molecule has 0 fully saturated rings. The van der Waals surface area contributed by atoms with Crippen LogP contribution in [0.2, 0.25) is 0 Å². The van der Waals surface area contributed by atoms with Gasteiger partial charge in [0.05, 0.1) is 12.5 Å². The summed E-state index contributed by atoms with van der Waals surface area (Å²) >= 11 is 4.62. The van der Waals surface area contributed by atoms with Crippen molar-refractivity contribution in [2.45, 2.75) is 0 Å². The molecule has 3 N–H and O–H groups in total. The van der Waals surface area contributed by atoms with Gasteiger partial charge >= 0.3 is 0 Å². The molecule has 0 unspecified atom stereocenters. The molecule has 1 aromatic heterocycles. The van der Waals surface area contributed by atoms with E-state index in [1.54, 1.807) is 0 Å². The monoisotopic (exact) mass is 228 g/mol. The summed E-state index contributed by atoms with van der Waals surface area (Å²) in [6.07, 6.45) is 0. The number of hydrogen-bond donors (Lipinski definition) is 3. The molecule has 80 valence electrons. The first-order valence-corrected chi connectivity index (χ1v) is 4.21. The van der Waals surface area contributed by atoms with Crippen LogP contribution in [0.3, 0.4) is 0 Å². The van der Waals surface area contributed by atoms with Crippen LogP contribution in [0.5, 0.6) is 0 Å². The van der Waals surface area contributed by atoms with Crippen molar-refractivity contribution in [1.82, 2.24) is 15.3 Å². The number of rotatable bonds is 3. The average Bonchev–Trinajstić information content (AvgIpc) is 2.12. The molecule has 0 aliphatic rings. The lowest BCUT2D eigenvalue weighted by Crippen LogP contribution is -2.38. The van der Waals surface area contributed by atoms with Crippen LogP contribution in [0.15, 0.2) is 10.9 Å². The molecular weight excluding hydrogens is 222 g/mol. The van der Waals surface area contributed by atoms with E-state index in [1.807, 2.05) is 5.32 Å². The third-order valence-electron chi connectivity index (χ3n) is 1.40. The van der Waals surface area contributed by atoms with E-state index in [0.717, 1.165) is 6.07 Å². The van der Waals surface area contributed by atoms with Gasteiger partial charge in [-0.3, -0.25) is 14.6 Å². The number of aliphatic carboxylic acids is 1. The van der Waals surface area contributed by atoms with Gasteiger partial charge in [0.15, 0.2) is 4.77 Å². The standard InChI is InChI=1S/C7H7N3O4S/c11-4-1-3(9-7(15)10-4)6(14)8-2-5(12)13/h1H,2H2,(H,8,14)(H,12,13)(H2,9,10,11,15)/p-1. The highest BCUT2D eigenvalue weighted by Crippen LogP contribution is 1.88. The minimum atomic E-state index is -1.42. The molecule has 0 radical (unpaired) electrons. The molecule has 15 heavy (non-hydrogen) atoms. The van der Waals surface area contributed by atoms with Crippen LogP contribution < -0.4 is 16.0 Å². The predicted molar refractivity (Wildman–Crippen MR) is 49.6 cm³/mol. The number of carboxylic acids is 1. The van der Waals surface area contributed by atoms with Crippen LogP contribution in [0, 0.1) is 4.77 Å². The van der Waals surface area contributed by atoms with Gasteiger partial charge in [-0.15, -0.1) is 0 Å². The van der Waals surface area contributed by atoms with Gasteiger partial charge in [-0.25, -0.2) is 0 Å². The summed E-state index contributed by atoms with van der Waals surface area (Å²) in [7, 11) is 0. The first-order valence-electron chi connectivity index (χ1n) is 3.81. The van der Waals surface area contributed by atoms with E-state index in [9.17, 15) is 19.5 Å². The van der Waals surface area contributed by atoms with Crippen molar-refractivity contribution in [1.29, 1.82) is 0 Å². The maximum absolute atomic E-state index is 11.2. The largest absolute Gasteiger partial charge is 0.548 e. The fraction of sp³-hybridized carbons (Fsp3) is 0.143. The van der Waals surface area contributed by atoms with Crippen LogP contribution in [0.4, 0.5) is 0 Å². The van der Waals surface area contributed by atoms with E-state index in [0.29, 0.717) is 0 Å². The zero-order chi connectivity index (χ0) is 11.4. The van der Waals surface area contributed by atoms with Gasteiger partial charge in [-0.05, 0) is 12.2 Å². The summed E-state index contributed by atoms with van der Waals surface area (Å²) in [4.78, 5) is 36.8. The minimum Gasteiger partial charge on any atom is -0.548 e. The van der Waals surface area contributed by atoms with Crippen LogP contribution in [0.1, 0.15) is 10.5 Å². The zero-order valence-electron chi connectivity index (χ0n) is 7.33. The first kappa shape index (κ1) is 11.1. The Morgan fingerprint density at radius 3 is 2.67 bits per heavy atom. The van der Waals surface area contributed by atoms with Crippen molar-refractivity contribution in [3.8, 4) is 0 Å². The first-order chi connectivity index (χ1) is 6.99. The number of aromatic nitrogens is 2. The third-order valence-corrected chi connectivity index (χ3v) is 1.60. The molecule has 1 aromatic rings. The molecule has 7 nitrogen and oxygen atoms in total. The van der Waals surface area contributed by atoms with Gasteiger partial charge in [0.25, 0.3) is 11.5 Å². The summed E-state index contributed by atoms with van der Waals surface area (Å²) < 4.78 is -0.0129. The molecule has 0 aromatic carbocycles. The molecule has 1 rings (SSSR count). The average molecular weight is 228 g/mol. The summed E-state index contributed by atoms with van der Waals surface area (Å²) in [5.74, 6) is -2.16. The molecule has 0 aliphatic heterocycles. The minimum absolute atomic E-state index is 0.0129. The Morgan fingerprint density at radius 2 is 2.13 bits per heavy atom. The molecule has 0 saturated heterocycles. The van der Waals surface area contributed by atoms with Crippen molar-refractivity contribution >= 4 is 24.1 Å². The van der Waals surface area contributed by atoms with Crippen LogP contribution in [0.25, 0.3) is 0 Å². The SMILES string of the molecule is O=C([O-])CNC(=O)c1cc(=O)[nH]c(=S)[nH]1. The van der Waals surface area contributed by atoms with E-state index in [-0.39, 0.29) is 10.5 Å². The Bertz CT molecular complexity index is 475. The molecular formula is C7H6N3O4S-. The van der Waals surface area contributed by atoms with Gasteiger partial charge in [-0.1, -0.05) is 0 Å². The molecule has 1 heterocycles. The fourth-order valence-corrected chi connectivity index (χ4v) is 1.05. The highest BCUT2D eigenvalue weighted by Gasteiger charge is 2.05. The number of amides is 1. The van der Waals surface area contributed by atoms with Crippen LogP contribution >= 0.6 is 12.2 Å². The maximum atomic E-state index is 11.2. The molecule has 8 heteroatoms. The van der Waals surface area contributed by atoms with Gasteiger partial charge in [0.1, 0.15) is 5.69 Å². The lowest BCUT2D eigenvalue weighted by Gasteiger charge is -2.04. The summed E-state index contributed by atoms with van der Waals surface area (Å²) in [5, 5.41) is 12.1.